The van der Waals surface area contributed by atoms with Crippen molar-refractivity contribution in [1.29, 1.82) is 0 Å². The highest BCUT2D eigenvalue weighted by Crippen LogP contribution is 2.29. The normalized spacial score (nSPS) is 15.3. The number of methoxy groups -OCH3 is 2. The van der Waals surface area contributed by atoms with Gasteiger partial charge in [-0.25, -0.2) is 0 Å². The molecule has 5 nitrogen and oxygen atoms in total. The zero-order valence-electron chi connectivity index (χ0n) is 14.9. The fraction of sp³-hybridized carbons (Fsp3) is 0.200. The van der Waals surface area contributed by atoms with Gasteiger partial charge in [-0.15, -0.1) is 0 Å². The number of carbonyl (C=O) groups is 1. The highest BCUT2D eigenvalue weighted by Gasteiger charge is 2.32. The van der Waals surface area contributed by atoms with E-state index in [1.54, 1.807) is 26.4 Å². The van der Waals surface area contributed by atoms with Gasteiger partial charge in [-0.2, -0.15) is 0 Å². The Morgan fingerprint density at radius 1 is 1.12 bits per heavy atom. The maximum absolute atomic E-state index is 12.8. The molecular weight excluding hydrogens is 348 g/mol. The Morgan fingerprint density at radius 3 is 2.58 bits per heavy atom. The molecule has 6 heteroatoms. The van der Waals surface area contributed by atoms with E-state index in [0.717, 1.165) is 23.2 Å². The van der Waals surface area contributed by atoms with Crippen LogP contribution in [0.15, 0.2) is 48.2 Å². The second-order valence-electron chi connectivity index (χ2n) is 5.77. The van der Waals surface area contributed by atoms with E-state index in [-0.39, 0.29) is 5.91 Å². The van der Waals surface area contributed by atoms with Crippen molar-refractivity contribution in [3.63, 3.8) is 0 Å². The molecule has 0 bridgehead atoms. The van der Waals surface area contributed by atoms with Crippen LogP contribution in [0.2, 0.25) is 0 Å². The smallest absolute Gasteiger partial charge is 0.281 e. The number of nitrogens with zero attached hydrogens (tertiary/aromatic N) is 1. The molecule has 134 valence electrons. The quantitative estimate of drug-likeness (QED) is 0.646. The van der Waals surface area contributed by atoms with Crippen molar-refractivity contribution in [2.45, 2.75) is 13.3 Å². The van der Waals surface area contributed by atoms with Crippen molar-refractivity contribution in [2.24, 2.45) is 0 Å². The van der Waals surface area contributed by atoms with Gasteiger partial charge in [-0.3, -0.25) is 9.69 Å². The standard InChI is InChI=1S/C20H20N2O3S/c1-4-13-6-5-7-15(10-13)22-19(23)16(21-20(22)26)11-14-8-9-17(24-2)18(12-14)25-3/h5-12H,4H2,1-3H3,(H,21,26)/b16-11+. The van der Waals surface area contributed by atoms with Crippen molar-refractivity contribution in [1.82, 2.24) is 5.32 Å². The molecule has 0 unspecified atom stereocenters. The Hall–Kier alpha value is -2.86. The summed E-state index contributed by atoms with van der Waals surface area (Å²) in [6.07, 6.45) is 2.64. The second-order valence-corrected chi connectivity index (χ2v) is 6.15. The van der Waals surface area contributed by atoms with Crippen molar-refractivity contribution in [3.05, 3.63) is 59.3 Å². The van der Waals surface area contributed by atoms with Crippen LogP contribution in [0, 0.1) is 0 Å². The van der Waals surface area contributed by atoms with Gasteiger partial charge in [0, 0.05) is 0 Å². The zero-order valence-corrected chi connectivity index (χ0v) is 15.7. The van der Waals surface area contributed by atoms with Gasteiger partial charge in [0.2, 0.25) is 0 Å². The molecule has 2 aromatic rings. The van der Waals surface area contributed by atoms with Gasteiger partial charge in [0.1, 0.15) is 5.70 Å². The van der Waals surface area contributed by atoms with E-state index in [4.69, 9.17) is 21.7 Å². The summed E-state index contributed by atoms with van der Waals surface area (Å²) in [5.74, 6) is 1.05. The van der Waals surface area contributed by atoms with Crippen molar-refractivity contribution >= 4 is 35.0 Å². The maximum Gasteiger partial charge on any atom is 0.281 e. The molecular formula is C20H20N2O3S. The van der Waals surface area contributed by atoms with Crippen LogP contribution in [-0.2, 0) is 11.2 Å². The number of ether oxygens (including phenoxy) is 2. The number of aryl methyl sites for hydroxylation is 1. The summed E-state index contributed by atoms with van der Waals surface area (Å²) in [5.41, 5.74) is 3.15. The molecule has 0 atom stereocenters. The summed E-state index contributed by atoms with van der Waals surface area (Å²) < 4.78 is 10.5. The average molecular weight is 368 g/mol. The lowest BCUT2D eigenvalue weighted by Gasteiger charge is -2.14. The van der Waals surface area contributed by atoms with Gasteiger partial charge in [-0.1, -0.05) is 25.1 Å². The molecule has 0 saturated carbocycles. The van der Waals surface area contributed by atoms with Crippen LogP contribution in [-0.4, -0.2) is 25.2 Å². The number of amides is 1. The van der Waals surface area contributed by atoms with Crippen LogP contribution in [0.1, 0.15) is 18.1 Å². The molecule has 1 heterocycles. The molecule has 0 radical (unpaired) electrons. The second kappa shape index (κ2) is 7.58. The highest BCUT2D eigenvalue weighted by molar-refractivity contribution is 7.80. The van der Waals surface area contributed by atoms with Gasteiger partial charge in [0.15, 0.2) is 16.6 Å². The molecule has 1 aliphatic rings. The Kier molecular flexibility index (Phi) is 5.23. The third kappa shape index (κ3) is 3.41. The molecule has 1 N–H and O–H groups in total. The SMILES string of the molecule is CCc1cccc(N2C(=O)/C(=C\c3ccc(OC)c(OC)c3)NC2=S)c1. The van der Waals surface area contributed by atoms with Crippen LogP contribution >= 0.6 is 12.2 Å². The average Bonchev–Trinajstić information content (AvgIpc) is 2.94. The molecule has 1 amide bonds. The van der Waals surface area contributed by atoms with Crippen LogP contribution in [0.5, 0.6) is 11.5 Å². The first kappa shape index (κ1) is 17.9. The first-order chi connectivity index (χ1) is 12.6. The minimum atomic E-state index is -0.182. The van der Waals surface area contributed by atoms with Crippen molar-refractivity contribution in [2.75, 3.05) is 19.1 Å². The number of nitrogens with one attached hydrogen (secondary N) is 1. The van der Waals surface area contributed by atoms with Crippen LogP contribution in [0.4, 0.5) is 5.69 Å². The lowest BCUT2D eigenvalue weighted by atomic mass is 10.1. The Labute approximate surface area is 158 Å². The third-order valence-electron chi connectivity index (χ3n) is 4.17. The number of hydrogen-bond donors (Lipinski definition) is 1. The predicted molar refractivity (Wildman–Crippen MR) is 107 cm³/mol. The van der Waals surface area contributed by atoms with E-state index in [1.165, 1.54) is 4.90 Å². The first-order valence-electron chi connectivity index (χ1n) is 8.25. The van der Waals surface area contributed by atoms with Gasteiger partial charge in [0.05, 0.1) is 19.9 Å². The lowest BCUT2D eigenvalue weighted by Crippen LogP contribution is -2.30. The fourth-order valence-corrected chi connectivity index (χ4v) is 3.09. The summed E-state index contributed by atoms with van der Waals surface area (Å²) in [5, 5.41) is 3.37. The zero-order chi connectivity index (χ0) is 18.7. The van der Waals surface area contributed by atoms with Crippen molar-refractivity contribution in [3.8, 4) is 11.5 Å². The summed E-state index contributed by atoms with van der Waals surface area (Å²) in [6, 6.07) is 13.3. The van der Waals surface area contributed by atoms with E-state index in [1.807, 2.05) is 36.4 Å². The van der Waals surface area contributed by atoms with Crippen LogP contribution in [0.3, 0.4) is 0 Å². The molecule has 0 aromatic heterocycles. The summed E-state index contributed by atoms with van der Waals surface area (Å²) in [4.78, 5) is 14.4. The number of thiocarbonyl (C=S) groups is 1. The van der Waals surface area contributed by atoms with E-state index in [2.05, 4.69) is 12.2 Å². The number of carbonyl (C=O) groups excluding carboxylic acids is 1. The van der Waals surface area contributed by atoms with Crippen LogP contribution in [0.25, 0.3) is 6.08 Å². The Balaban J connectivity index is 1.92. The fourth-order valence-electron chi connectivity index (χ4n) is 2.79. The third-order valence-corrected chi connectivity index (χ3v) is 4.46. The number of anilines is 1. The van der Waals surface area contributed by atoms with E-state index in [0.29, 0.717) is 22.3 Å². The van der Waals surface area contributed by atoms with Crippen LogP contribution < -0.4 is 19.7 Å². The summed E-state index contributed by atoms with van der Waals surface area (Å²) >= 11 is 5.37. The summed E-state index contributed by atoms with van der Waals surface area (Å²) in [7, 11) is 3.16. The minimum Gasteiger partial charge on any atom is -0.493 e. The molecule has 1 aliphatic heterocycles. The predicted octanol–water partition coefficient (Wildman–Crippen LogP) is 3.53. The summed E-state index contributed by atoms with van der Waals surface area (Å²) in [6.45, 7) is 2.07. The molecule has 0 spiro atoms. The molecule has 1 fully saturated rings. The highest BCUT2D eigenvalue weighted by atomic mass is 32.1. The molecule has 1 saturated heterocycles. The monoisotopic (exact) mass is 368 g/mol. The molecule has 0 aliphatic carbocycles. The lowest BCUT2D eigenvalue weighted by molar-refractivity contribution is -0.113. The first-order valence-corrected chi connectivity index (χ1v) is 8.66. The van der Waals surface area contributed by atoms with Gasteiger partial charge >= 0.3 is 0 Å². The number of hydrogen-bond acceptors (Lipinski definition) is 4. The Morgan fingerprint density at radius 2 is 1.88 bits per heavy atom. The van der Waals surface area contributed by atoms with Crippen molar-refractivity contribution < 1.29 is 14.3 Å². The minimum absolute atomic E-state index is 0.182. The topological polar surface area (TPSA) is 50.8 Å². The number of benzene rings is 2. The van der Waals surface area contributed by atoms with Gasteiger partial charge in [0.25, 0.3) is 5.91 Å². The largest absolute Gasteiger partial charge is 0.493 e. The molecule has 26 heavy (non-hydrogen) atoms. The van der Waals surface area contributed by atoms with E-state index >= 15 is 0 Å². The Bertz CT molecular complexity index is 892. The van der Waals surface area contributed by atoms with E-state index < -0.39 is 0 Å². The maximum atomic E-state index is 12.8. The van der Waals surface area contributed by atoms with E-state index in [9.17, 15) is 4.79 Å². The van der Waals surface area contributed by atoms with Gasteiger partial charge in [-0.05, 0) is 60.1 Å². The molecule has 2 aromatic carbocycles. The van der Waals surface area contributed by atoms with Gasteiger partial charge < -0.3 is 14.8 Å². The number of rotatable bonds is 5. The molecule has 3 rings (SSSR count).